The van der Waals surface area contributed by atoms with Crippen LogP contribution in [-0.4, -0.2) is 27.4 Å². The molecule has 166 valence electrons. The van der Waals surface area contributed by atoms with Gasteiger partial charge in [0.1, 0.15) is 22.3 Å². The first-order valence-electron chi connectivity index (χ1n) is 10.2. The first-order valence-corrected chi connectivity index (χ1v) is 10.5. The van der Waals surface area contributed by atoms with Gasteiger partial charge in [0.2, 0.25) is 0 Å². The van der Waals surface area contributed by atoms with Gasteiger partial charge >= 0.3 is 0 Å². The van der Waals surface area contributed by atoms with Crippen LogP contribution < -0.4 is 0 Å². The lowest BCUT2D eigenvalue weighted by molar-refractivity contribution is -0.384. The Morgan fingerprint density at radius 1 is 1.03 bits per heavy atom. The Morgan fingerprint density at radius 3 is 2.10 bits per heavy atom. The van der Waals surface area contributed by atoms with Crippen LogP contribution >= 0.6 is 11.6 Å². The van der Waals surface area contributed by atoms with E-state index < -0.39 is 27.6 Å². The van der Waals surface area contributed by atoms with Gasteiger partial charge in [0.15, 0.2) is 5.78 Å². The van der Waals surface area contributed by atoms with Crippen LogP contribution in [0, 0.1) is 26.9 Å². The molecule has 3 rings (SSSR count). The fraction of sp³-hybridized carbons (Fsp3) is 0.522. The quantitative estimate of drug-likeness (QED) is 0.389. The second-order valence-corrected chi connectivity index (χ2v) is 10.6. The lowest BCUT2D eigenvalue weighted by Gasteiger charge is -2.39. The number of nitro benzene ring substituents is 1. The molecule has 0 radical (unpaired) electrons. The third-order valence-corrected chi connectivity index (χ3v) is 6.39. The number of carbonyl (C=O) groups is 3. The van der Waals surface area contributed by atoms with Gasteiger partial charge in [-0.1, -0.05) is 45.4 Å². The number of aliphatic hydroxyl groups is 1. The summed E-state index contributed by atoms with van der Waals surface area (Å²) in [7, 11) is 0. The Kier molecular flexibility index (Phi) is 5.86. The number of Topliss-reactive ketones (excluding diaryl/α,β-unsaturated/α-hetero) is 3. The van der Waals surface area contributed by atoms with E-state index in [-0.39, 0.29) is 70.6 Å². The number of ketones is 3. The highest BCUT2D eigenvalue weighted by Crippen LogP contribution is 2.48. The zero-order valence-corrected chi connectivity index (χ0v) is 18.8. The van der Waals surface area contributed by atoms with Gasteiger partial charge in [-0.25, -0.2) is 0 Å². The number of benzene rings is 1. The predicted octanol–water partition coefficient (Wildman–Crippen LogP) is 5.11. The molecule has 0 bridgehead atoms. The van der Waals surface area contributed by atoms with Crippen molar-refractivity contribution in [3.8, 4) is 0 Å². The fourth-order valence-electron chi connectivity index (χ4n) is 4.82. The molecule has 31 heavy (non-hydrogen) atoms. The Morgan fingerprint density at radius 2 is 1.58 bits per heavy atom. The van der Waals surface area contributed by atoms with E-state index in [0.29, 0.717) is 0 Å². The lowest BCUT2D eigenvalue weighted by Crippen LogP contribution is -2.43. The van der Waals surface area contributed by atoms with Crippen LogP contribution in [0.15, 0.2) is 29.5 Å². The molecule has 0 spiro atoms. The number of rotatable bonds is 4. The normalized spacial score (nSPS) is 22.5. The van der Waals surface area contributed by atoms with Crippen molar-refractivity contribution in [3.05, 3.63) is 50.2 Å². The van der Waals surface area contributed by atoms with Crippen molar-refractivity contribution < 1.29 is 24.4 Å². The van der Waals surface area contributed by atoms with Crippen molar-refractivity contribution >= 4 is 34.6 Å². The summed E-state index contributed by atoms with van der Waals surface area (Å²) < 4.78 is 0. The smallest absolute Gasteiger partial charge is 0.288 e. The Balaban J connectivity index is 2.22. The molecule has 0 aliphatic heterocycles. The van der Waals surface area contributed by atoms with E-state index in [1.165, 1.54) is 18.2 Å². The zero-order chi connectivity index (χ0) is 23.3. The van der Waals surface area contributed by atoms with Crippen molar-refractivity contribution in [2.45, 2.75) is 59.3 Å². The first-order chi connectivity index (χ1) is 14.2. The van der Waals surface area contributed by atoms with Crippen LogP contribution in [0.5, 0.6) is 0 Å². The van der Waals surface area contributed by atoms with Gasteiger partial charge in [0, 0.05) is 43.2 Å². The Bertz CT molecular complexity index is 1000. The largest absolute Gasteiger partial charge is 0.512 e. The second kappa shape index (κ2) is 7.86. The lowest BCUT2D eigenvalue weighted by atomic mass is 9.62. The Labute approximate surface area is 185 Å². The number of hydrogen-bond acceptors (Lipinski definition) is 6. The average Bonchev–Trinajstić information content (AvgIpc) is 2.57. The molecule has 1 N–H and O–H groups in total. The third kappa shape index (κ3) is 4.56. The molecule has 2 aliphatic rings. The van der Waals surface area contributed by atoms with Crippen molar-refractivity contribution in [1.29, 1.82) is 0 Å². The number of nitrogens with zero attached hydrogens (tertiary/aromatic N) is 1. The van der Waals surface area contributed by atoms with Crippen molar-refractivity contribution in [3.63, 3.8) is 0 Å². The number of halogens is 1. The molecule has 1 aromatic rings. The summed E-state index contributed by atoms with van der Waals surface area (Å²) >= 11 is 5.95. The molecule has 2 aliphatic carbocycles. The van der Waals surface area contributed by atoms with Crippen LogP contribution in [0.1, 0.15) is 64.9 Å². The van der Waals surface area contributed by atoms with E-state index >= 15 is 0 Å². The summed E-state index contributed by atoms with van der Waals surface area (Å²) in [5.74, 6) is -3.47. The summed E-state index contributed by atoms with van der Waals surface area (Å²) in [5, 5.41) is 22.2. The van der Waals surface area contributed by atoms with E-state index in [2.05, 4.69) is 0 Å². The fourth-order valence-corrected chi connectivity index (χ4v) is 5.01. The van der Waals surface area contributed by atoms with E-state index in [1.54, 1.807) is 0 Å². The molecule has 0 heterocycles. The summed E-state index contributed by atoms with van der Waals surface area (Å²) in [4.78, 5) is 50.1. The predicted molar refractivity (Wildman–Crippen MR) is 115 cm³/mol. The van der Waals surface area contributed by atoms with Crippen LogP contribution in [0.3, 0.4) is 0 Å². The van der Waals surface area contributed by atoms with Gasteiger partial charge in [-0.05, 0) is 22.5 Å². The number of allylic oxidation sites excluding steroid dienone is 2. The first kappa shape index (κ1) is 23.1. The third-order valence-electron chi connectivity index (χ3n) is 6.07. The topological polar surface area (TPSA) is 115 Å². The van der Waals surface area contributed by atoms with Gasteiger partial charge in [-0.3, -0.25) is 24.5 Å². The number of hydrogen-bond donors (Lipinski definition) is 1. The van der Waals surface area contributed by atoms with E-state index in [0.717, 1.165) is 0 Å². The maximum absolute atomic E-state index is 13.1. The zero-order valence-electron chi connectivity index (χ0n) is 18.0. The molecule has 7 nitrogen and oxygen atoms in total. The minimum absolute atomic E-state index is 0.00218. The van der Waals surface area contributed by atoms with E-state index in [9.17, 15) is 29.6 Å². The van der Waals surface area contributed by atoms with Gasteiger partial charge in [-0.2, -0.15) is 0 Å². The SMILES string of the molecule is CC1(C)CC(=O)C([C@H](C2=C(O)CC(C)(C)CC2=O)c2ccc(Cl)c([N+](=O)[O-])c2)C(=O)C1. The van der Waals surface area contributed by atoms with E-state index in [4.69, 9.17) is 11.6 Å². The van der Waals surface area contributed by atoms with Gasteiger partial charge in [0.05, 0.1) is 10.8 Å². The number of aliphatic hydroxyl groups excluding tert-OH is 1. The molecule has 8 heteroatoms. The monoisotopic (exact) mass is 447 g/mol. The van der Waals surface area contributed by atoms with Crippen LogP contribution in [0.25, 0.3) is 0 Å². The minimum atomic E-state index is -1.18. The Hall–Kier alpha value is -2.54. The molecule has 0 aromatic heterocycles. The summed E-state index contributed by atoms with van der Waals surface area (Å²) in [5.41, 5.74) is -1.11. The highest BCUT2D eigenvalue weighted by Gasteiger charge is 2.48. The highest BCUT2D eigenvalue weighted by atomic mass is 35.5. The maximum atomic E-state index is 13.1. The van der Waals surface area contributed by atoms with Crippen molar-refractivity contribution in [2.75, 3.05) is 0 Å². The van der Waals surface area contributed by atoms with Crippen molar-refractivity contribution in [2.24, 2.45) is 16.7 Å². The summed E-state index contributed by atoms with van der Waals surface area (Å²) in [6.45, 7) is 7.34. The van der Waals surface area contributed by atoms with Crippen LogP contribution in [-0.2, 0) is 14.4 Å². The maximum Gasteiger partial charge on any atom is 0.288 e. The van der Waals surface area contributed by atoms with Crippen LogP contribution in [0.4, 0.5) is 5.69 Å². The highest BCUT2D eigenvalue weighted by molar-refractivity contribution is 6.32. The summed E-state index contributed by atoms with van der Waals surface area (Å²) in [6, 6.07) is 3.99. The average molecular weight is 448 g/mol. The van der Waals surface area contributed by atoms with E-state index in [1.807, 2.05) is 27.7 Å². The molecule has 0 amide bonds. The molecule has 1 fully saturated rings. The molecule has 1 saturated carbocycles. The second-order valence-electron chi connectivity index (χ2n) is 10.2. The minimum Gasteiger partial charge on any atom is -0.512 e. The van der Waals surface area contributed by atoms with Crippen molar-refractivity contribution in [1.82, 2.24) is 0 Å². The van der Waals surface area contributed by atoms with Crippen LogP contribution in [0.2, 0.25) is 5.02 Å². The molecule has 1 aromatic carbocycles. The molecule has 0 saturated heterocycles. The number of nitro groups is 1. The molecule has 0 unspecified atom stereocenters. The van der Waals surface area contributed by atoms with Gasteiger partial charge in [-0.15, -0.1) is 0 Å². The number of carbonyl (C=O) groups excluding carboxylic acids is 3. The standard InChI is InChI=1S/C23H26ClNO6/c1-22(2)8-15(26)20(16(27)9-22)19(12-5-6-13(24)14(7-12)25(30)31)21-17(28)10-23(3,4)11-18(21)29/h5-7,19-20,28H,8-11H2,1-4H3/t19-/m1/s1. The molecule has 1 atom stereocenters. The summed E-state index contributed by atoms with van der Waals surface area (Å²) in [6.07, 6.45) is 0.632. The molecular formula is C23H26ClNO6. The molecular weight excluding hydrogens is 422 g/mol. The van der Waals surface area contributed by atoms with Gasteiger partial charge in [0.25, 0.3) is 5.69 Å². The van der Waals surface area contributed by atoms with Gasteiger partial charge < -0.3 is 5.11 Å².